The van der Waals surface area contributed by atoms with Gasteiger partial charge in [-0.1, -0.05) is 58.8 Å². The van der Waals surface area contributed by atoms with Gasteiger partial charge in [-0.15, -0.1) is 0 Å². The van der Waals surface area contributed by atoms with Crippen molar-refractivity contribution in [2.75, 3.05) is 27.3 Å². The van der Waals surface area contributed by atoms with Gasteiger partial charge >= 0.3 is 0 Å². The van der Waals surface area contributed by atoms with Crippen LogP contribution in [-0.2, 0) is 4.74 Å². The average molecular weight is 399 g/mol. The van der Waals surface area contributed by atoms with Crippen LogP contribution in [0.2, 0.25) is 0 Å². The lowest BCUT2D eigenvalue weighted by Crippen LogP contribution is -2.43. The molecule has 3 atom stereocenters. The number of hydrogen-bond donors (Lipinski definition) is 0. The van der Waals surface area contributed by atoms with Gasteiger partial charge in [0.1, 0.15) is 12.4 Å². The molecule has 1 aliphatic heterocycles. The number of nitrogens with zero attached hydrogens (tertiary/aromatic N) is 2. The van der Waals surface area contributed by atoms with Crippen molar-refractivity contribution >= 4 is 12.0 Å². The maximum Gasteiger partial charge on any atom is 0.195 e. The maximum atomic E-state index is 6.25. The summed E-state index contributed by atoms with van der Waals surface area (Å²) >= 11 is 0. The van der Waals surface area contributed by atoms with Crippen LogP contribution < -0.4 is 4.74 Å². The van der Waals surface area contributed by atoms with E-state index < -0.39 is 0 Å². The molecule has 4 nitrogen and oxygen atoms in total. The molecule has 2 aliphatic rings. The van der Waals surface area contributed by atoms with E-state index >= 15 is 0 Å². The molecule has 29 heavy (non-hydrogen) atoms. The molecule has 0 spiro atoms. The molecule has 1 aromatic carbocycles. The highest BCUT2D eigenvalue weighted by Gasteiger charge is 2.47. The molecule has 0 N–H and O–H groups in total. The van der Waals surface area contributed by atoms with Crippen molar-refractivity contribution in [3.8, 4) is 5.75 Å². The monoisotopic (exact) mass is 398 g/mol. The second kappa shape index (κ2) is 8.51. The van der Waals surface area contributed by atoms with Gasteiger partial charge in [-0.2, -0.15) is 0 Å². The summed E-state index contributed by atoms with van der Waals surface area (Å²) in [4.78, 5) is 7.57. The summed E-state index contributed by atoms with van der Waals surface area (Å²) in [6.45, 7) is 13.0. The Morgan fingerprint density at radius 2 is 2.03 bits per heavy atom. The molecule has 0 saturated heterocycles. The van der Waals surface area contributed by atoms with Crippen LogP contribution in [0.25, 0.3) is 6.08 Å². The third-order valence-electron chi connectivity index (χ3n) is 6.43. The SMILES string of the molecule is CCCCCN(C)[C@H]1c2ccc(OC)cc2C=C[C@@]1(C)C1=N[C@@H](C(C)(C)C)CO1. The van der Waals surface area contributed by atoms with Crippen molar-refractivity contribution in [3.63, 3.8) is 0 Å². The van der Waals surface area contributed by atoms with Gasteiger partial charge in [-0.25, -0.2) is 4.99 Å². The first-order chi connectivity index (χ1) is 13.7. The summed E-state index contributed by atoms with van der Waals surface area (Å²) in [5, 5.41) is 0. The van der Waals surface area contributed by atoms with Crippen molar-refractivity contribution in [2.45, 2.75) is 66.0 Å². The molecular formula is C25H38N2O2. The Morgan fingerprint density at radius 3 is 2.66 bits per heavy atom. The Balaban J connectivity index is 2.01. The third kappa shape index (κ3) is 4.37. The van der Waals surface area contributed by atoms with Gasteiger partial charge in [0.2, 0.25) is 0 Å². The lowest BCUT2D eigenvalue weighted by Gasteiger charge is -2.43. The number of fused-ring (bicyclic) bond motifs is 1. The fourth-order valence-corrected chi connectivity index (χ4v) is 4.49. The van der Waals surface area contributed by atoms with Crippen LogP contribution in [-0.4, -0.2) is 44.1 Å². The molecule has 0 fully saturated rings. The van der Waals surface area contributed by atoms with Gasteiger partial charge in [0.05, 0.1) is 24.6 Å². The van der Waals surface area contributed by atoms with Gasteiger partial charge in [-0.3, -0.25) is 4.90 Å². The van der Waals surface area contributed by atoms with E-state index in [1.165, 1.54) is 30.4 Å². The molecule has 160 valence electrons. The quantitative estimate of drug-likeness (QED) is 0.550. The lowest BCUT2D eigenvalue weighted by atomic mass is 9.72. The summed E-state index contributed by atoms with van der Waals surface area (Å²) in [6.07, 6.45) is 8.19. The fraction of sp³-hybridized carbons (Fsp3) is 0.640. The normalized spacial score (nSPS) is 26.3. The van der Waals surface area contributed by atoms with Crippen LogP contribution in [0, 0.1) is 10.8 Å². The van der Waals surface area contributed by atoms with Crippen molar-refractivity contribution in [2.24, 2.45) is 15.8 Å². The van der Waals surface area contributed by atoms with Crippen molar-refractivity contribution in [1.29, 1.82) is 0 Å². The number of aliphatic imine (C=N–C) groups is 1. The van der Waals surface area contributed by atoms with E-state index in [2.05, 4.69) is 76.9 Å². The van der Waals surface area contributed by atoms with Crippen LogP contribution >= 0.6 is 0 Å². The van der Waals surface area contributed by atoms with Crippen LogP contribution in [0.4, 0.5) is 0 Å². The standard InChI is InChI=1S/C25H38N2O2/c1-8-9-10-15-27(6)22-20-12-11-19(28-7)16-18(20)13-14-25(22,5)23-26-21(17-29-23)24(2,3)4/h11-14,16,21-22H,8-10,15,17H2,1-7H3/t21-,22+,25-/m1/s1. The molecule has 1 aliphatic carbocycles. The highest BCUT2D eigenvalue weighted by molar-refractivity contribution is 5.89. The van der Waals surface area contributed by atoms with Crippen LogP contribution in [0.3, 0.4) is 0 Å². The lowest BCUT2D eigenvalue weighted by molar-refractivity contribution is 0.149. The average Bonchev–Trinajstić information content (AvgIpc) is 3.19. The number of unbranched alkanes of at least 4 members (excludes halogenated alkanes) is 2. The predicted molar refractivity (Wildman–Crippen MR) is 122 cm³/mol. The molecule has 3 rings (SSSR count). The van der Waals surface area contributed by atoms with E-state index in [9.17, 15) is 0 Å². The van der Waals surface area contributed by atoms with E-state index in [0.717, 1.165) is 18.2 Å². The van der Waals surface area contributed by atoms with E-state index in [0.29, 0.717) is 6.61 Å². The molecule has 1 heterocycles. The largest absolute Gasteiger partial charge is 0.497 e. The van der Waals surface area contributed by atoms with E-state index in [4.69, 9.17) is 14.5 Å². The highest BCUT2D eigenvalue weighted by atomic mass is 16.5. The van der Waals surface area contributed by atoms with E-state index in [-0.39, 0.29) is 22.9 Å². The molecule has 0 bridgehead atoms. The third-order valence-corrected chi connectivity index (χ3v) is 6.43. The zero-order valence-corrected chi connectivity index (χ0v) is 19.3. The summed E-state index contributed by atoms with van der Waals surface area (Å²) in [7, 11) is 3.96. The number of methoxy groups -OCH3 is 1. The first kappa shape index (κ1) is 21.9. The molecule has 0 saturated carbocycles. The van der Waals surface area contributed by atoms with Gasteiger partial charge in [-0.05, 0) is 55.6 Å². The molecule has 0 unspecified atom stereocenters. The molecule has 0 radical (unpaired) electrons. The zero-order valence-electron chi connectivity index (χ0n) is 19.3. The summed E-state index contributed by atoms with van der Waals surface area (Å²) in [6, 6.07) is 6.80. The second-order valence-electron chi connectivity index (χ2n) is 9.83. The highest BCUT2D eigenvalue weighted by Crippen LogP contribution is 2.48. The Hall–Kier alpha value is -1.81. The number of hydrogen-bond acceptors (Lipinski definition) is 4. The number of ether oxygens (including phenoxy) is 2. The Bertz CT molecular complexity index is 778. The van der Waals surface area contributed by atoms with Crippen molar-refractivity contribution in [1.82, 2.24) is 4.90 Å². The minimum atomic E-state index is -0.289. The summed E-state index contributed by atoms with van der Waals surface area (Å²) in [5.74, 6) is 1.77. The molecule has 0 aromatic heterocycles. The fourth-order valence-electron chi connectivity index (χ4n) is 4.49. The van der Waals surface area contributed by atoms with Crippen LogP contribution in [0.5, 0.6) is 5.75 Å². The smallest absolute Gasteiger partial charge is 0.195 e. The summed E-state index contributed by atoms with van der Waals surface area (Å²) in [5.41, 5.74) is 2.35. The Labute approximate surface area is 177 Å². The minimum absolute atomic E-state index is 0.101. The Kier molecular flexibility index (Phi) is 6.42. The van der Waals surface area contributed by atoms with E-state index in [1.807, 2.05) is 0 Å². The maximum absolute atomic E-state index is 6.25. The molecule has 0 amide bonds. The van der Waals surface area contributed by atoms with Gasteiger partial charge in [0.15, 0.2) is 5.90 Å². The molecule has 1 aromatic rings. The zero-order chi connectivity index (χ0) is 21.2. The van der Waals surface area contributed by atoms with Gasteiger partial charge in [0.25, 0.3) is 0 Å². The van der Waals surface area contributed by atoms with E-state index in [1.54, 1.807) is 7.11 Å². The first-order valence-electron chi connectivity index (χ1n) is 11.0. The van der Waals surface area contributed by atoms with Gasteiger partial charge in [0, 0.05) is 0 Å². The number of benzene rings is 1. The predicted octanol–water partition coefficient (Wildman–Crippen LogP) is 5.73. The number of rotatable bonds is 7. The molecular weight excluding hydrogens is 360 g/mol. The van der Waals surface area contributed by atoms with Crippen molar-refractivity contribution < 1.29 is 9.47 Å². The minimum Gasteiger partial charge on any atom is -0.497 e. The Morgan fingerprint density at radius 1 is 1.28 bits per heavy atom. The van der Waals surface area contributed by atoms with Gasteiger partial charge < -0.3 is 9.47 Å². The molecule has 4 heteroatoms. The van der Waals surface area contributed by atoms with Crippen molar-refractivity contribution in [3.05, 3.63) is 35.4 Å². The first-order valence-corrected chi connectivity index (χ1v) is 11.0. The second-order valence-corrected chi connectivity index (χ2v) is 9.83. The topological polar surface area (TPSA) is 34.1 Å². The van der Waals surface area contributed by atoms with Crippen LogP contribution in [0.15, 0.2) is 29.3 Å². The van der Waals surface area contributed by atoms with Crippen LogP contribution in [0.1, 0.15) is 71.0 Å². The summed E-state index contributed by atoms with van der Waals surface area (Å²) < 4.78 is 11.7.